The third-order valence-corrected chi connectivity index (χ3v) is 3.51. The van der Waals surface area contributed by atoms with Crippen molar-refractivity contribution in [1.29, 1.82) is 0 Å². The molecule has 0 saturated carbocycles. The summed E-state index contributed by atoms with van der Waals surface area (Å²) in [4.78, 5) is 22.6. The first kappa shape index (κ1) is 15.3. The van der Waals surface area contributed by atoms with Gasteiger partial charge in [0.05, 0.1) is 6.10 Å². The Kier molecular flexibility index (Phi) is 4.80. The first-order valence-corrected chi connectivity index (χ1v) is 6.96. The predicted octanol–water partition coefficient (Wildman–Crippen LogP) is 2.06. The minimum atomic E-state index is -0.947. The highest BCUT2D eigenvalue weighted by Gasteiger charge is 2.30. The summed E-state index contributed by atoms with van der Waals surface area (Å²) < 4.78 is 5.32. The number of urea groups is 1. The fraction of sp³-hybridized carbons (Fsp3) is 0.467. The van der Waals surface area contributed by atoms with E-state index in [9.17, 15) is 9.59 Å². The van der Waals surface area contributed by atoms with Crippen molar-refractivity contribution in [3.05, 3.63) is 29.3 Å². The fourth-order valence-electron chi connectivity index (χ4n) is 2.28. The quantitative estimate of drug-likeness (QED) is 0.792. The van der Waals surface area contributed by atoms with Gasteiger partial charge in [-0.2, -0.15) is 0 Å². The smallest absolute Gasteiger partial charge is 0.332 e. The molecular weight excluding hydrogens is 272 g/mol. The van der Waals surface area contributed by atoms with Crippen LogP contribution in [0.1, 0.15) is 24.0 Å². The molecule has 1 aliphatic rings. The molecule has 2 unspecified atom stereocenters. The van der Waals surface area contributed by atoms with Crippen LogP contribution in [0.25, 0.3) is 0 Å². The maximum absolute atomic E-state index is 11.9. The summed E-state index contributed by atoms with van der Waals surface area (Å²) in [6.07, 6.45) is 0.135. The number of aliphatic carboxylic acids is 1. The molecule has 2 amide bonds. The van der Waals surface area contributed by atoms with Crippen molar-refractivity contribution in [3.8, 4) is 0 Å². The number of hydrogen-bond acceptors (Lipinski definition) is 3. The largest absolute Gasteiger partial charge is 0.479 e. The lowest BCUT2D eigenvalue weighted by Crippen LogP contribution is -2.36. The first-order chi connectivity index (χ1) is 9.95. The van der Waals surface area contributed by atoms with E-state index in [1.54, 1.807) is 0 Å². The number of amides is 2. The van der Waals surface area contributed by atoms with Crippen LogP contribution in [-0.4, -0.2) is 35.9 Å². The standard InChI is InChI=1S/C15H20N2O4/c1-9-3-4-10(2)12(7-9)17-15(20)16-8-11-5-6-13(21-11)14(18)19/h3-4,7,11,13H,5-6,8H2,1-2H3,(H,18,19)(H2,16,17,20). The van der Waals surface area contributed by atoms with E-state index in [1.165, 1.54) is 0 Å². The molecule has 1 fully saturated rings. The molecule has 0 bridgehead atoms. The maximum atomic E-state index is 11.9. The van der Waals surface area contributed by atoms with E-state index in [0.717, 1.165) is 16.8 Å². The molecule has 6 nitrogen and oxygen atoms in total. The van der Waals surface area contributed by atoms with Gasteiger partial charge in [-0.25, -0.2) is 9.59 Å². The van der Waals surface area contributed by atoms with Gasteiger partial charge in [0.15, 0.2) is 6.10 Å². The van der Waals surface area contributed by atoms with Gasteiger partial charge in [-0.05, 0) is 43.9 Å². The van der Waals surface area contributed by atoms with Gasteiger partial charge in [-0.1, -0.05) is 12.1 Å². The van der Waals surface area contributed by atoms with Crippen LogP contribution >= 0.6 is 0 Å². The van der Waals surface area contributed by atoms with Crippen molar-refractivity contribution in [1.82, 2.24) is 5.32 Å². The van der Waals surface area contributed by atoms with Crippen LogP contribution in [0.2, 0.25) is 0 Å². The van der Waals surface area contributed by atoms with Crippen LogP contribution in [0.3, 0.4) is 0 Å². The zero-order valence-electron chi connectivity index (χ0n) is 12.2. The van der Waals surface area contributed by atoms with Gasteiger partial charge in [0.25, 0.3) is 0 Å². The number of carboxylic acid groups (broad SMARTS) is 1. The fourth-order valence-corrected chi connectivity index (χ4v) is 2.28. The number of nitrogens with one attached hydrogen (secondary N) is 2. The summed E-state index contributed by atoms with van der Waals surface area (Å²) in [5, 5.41) is 14.3. The van der Waals surface area contributed by atoms with E-state index >= 15 is 0 Å². The second-order valence-electron chi connectivity index (χ2n) is 5.32. The molecule has 21 heavy (non-hydrogen) atoms. The molecule has 1 aromatic rings. The summed E-state index contributed by atoms with van der Waals surface area (Å²) in [7, 11) is 0. The summed E-state index contributed by atoms with van der Waals surface area (Å²) in [6.45, 7) is 4.19. The molecule has 1 saturated heterocycles. The molecule has 0 aromatic heterocycles. The van der Waals surface area contributed by atoms with E-state index in [4.69, 9.17) is 9.84 Å². The zero-order chi connectivity index (χ0) is 15.4. The lowest BCUT2D eigenvalue weighted by Gasteiger charge is -2.14. The van der Waals surface area contributed by atoms with E-state index < -0.39 is 12.1 Å². The molecule has 3 N–H and O–H groups in total. The Hall–Kier alpha value is -2.08. The normalized spacial score (nSPS) is 21.0. The van der Waals surface area contributed by atoms with Crippen LogP contribution in [0.4, 0.5) is 10.5 Å². The lowest BCUT2D eigenvalue weighted by molar-refractivity contribution is -0.149. The minimum Gasteiger partial charge on any atom is -0.479 e. The van der Waals surface area contributed by atoms with Crippen LogP contribution in [-0.2, 0) is 9.53 Å². The van der Waals surface area contributed by atoms with Crippen LogP contribution in [0.15, 0.2) is 18.2 Å². The van der Waals surface area contributed by atoms with Gasteiger partial charge in [-0.3, -0.25) is 0 Å². The van der Waals surface area contributed by atoms with Gasteiger partial charge in [0.2, 0.25) is 0 Å². The molecule has 6 heteroatoms. The van der Waals surface area contributed by atoms with E-state index in [1.807, 2.05) is 32.0 Å². The second-order valence-corrected chi connectivity index (χ2v) is 5.32. The molecule has 2 atom stereocenters. The third-order valence-electron chi connectivity index (χ3n) is 3.51. The number of aryl methyl sites for hydroxylation is 2. The van der Waals surface area contributed by atoms with Crippen molar-refractivity contribution in [3.63, 3.8) is 0 Å². The Morgan fingerprint density at radius 2 is 2.10 bits per heavy atom. The highest BCUT2D eigenvalue weighted by atomic mass is 16.5. The predicted molar refractivity (Wildman–Crippen MR) is 78.5 cm³/mol. The molecule has 1 aliphatic heterocycles. The molecular formula is C15H20N2O4. The number of hydrogen-bond donors (Lipinski definition) is 3. The SMILES string of the molecule is Cc1ccc(C)c(NC(=O)NCC2CCC(C(=O)O)O2)c1. The maximum Gasteiger partial charge on any atom is 0.332 e. The number of rotatable bonds is 4. The minimum absolute atomic E-state index is 0.240. The highest BCUT2D eigenvalue weighted by molar-refractivity contribution is 5.90. The van der Waals surface area contributed by atoms with Crippen LogP contribution in [0, 0.1) is 13.8 Å². The number of carbonyl (C=O) groups is 2. The Balaban J connectivity index is 1.80. The molecule has 0 aliphatic carbocycles. The molecule has 0 radical (unpaired) electrons. The van der Waals surface area contributed by atoms with E-state index in [-0.39, 0.29) is 12.1 Å². The van der Waals surface area contributed by atoms with Gasteiger partial charge in [0, 0.05) is 12.2 Å². The first-order valence-electron chi connectivity index (χ1n) is 6.96. The van der Waals surface area contributed by atoms with Gasteiger partial charge >= 0.3 is 12.0 Å². The molecule has 1 aromatic carbocycles. The van der Waals surface area contributed by atoms with Crippen LogP contribution < -0.4 is 10.6 Å². The summed E-state index contributed by atoms with van der Waals surface area (Å²) in [6, 6.07) is 5.52. The number of carboxylic acids is 1. The Morgan fingerprint density at radius 1 is 1.33 bits per heavy atom. The summed E-state index contributed by atoms with van der Waals surface area (Å²) >= 11 is 0. The van der Waals surface area contributed by atoms with E-state index in [0.29, 0.717) is 19.4 Å². The number of anilines is 1. The van der Waals surface area contributed by atoms with Crippen molar-refractivity contribution < 1.29 is 19.4 Å². The third kappa shape index (κ3) is 4.19. The van der Waals surface area contributed by atoms with Crippen molar-refractivity contribution in [2.45, 2.75) is 38.9 Å². The number of ether oxygens (including phenoxy) is 1. The van der Waals surface area contributed by atoms with Gasteiger partial charge in [0.1, 0.15) is 0 Å². The number of carbonyl (C=O) groups excluding carboxylic acids is 1. The molecule has 2 rings (SSSR count). The van der Waals surface area contributed by atoms with Crippen molar-refractivity contribution in [2.75, 3.05) is 11.9 Å². The topological polar surface area (TPSA) is 87.7 Å². The lowest BCUT2D eigenvalue weighted by atomic mass is 10.1. The highest BCUT2D eigenvalue weighted by Crippen LogP contribution is 2.19. The van der Waals surface area contributed by atoms with Crippen molar-refractivity contribution >= 4 is 17.7 Å². The molecule has 114 valence electrons. The average Bonchev–Trinajstić information content (AvgIpc) is 2.90. The number of benzene rings is 1. The Morgan fingerprint density at radius 3 is 2.76 bits per heavy atom. The van der Waals surface area contributed by atoms with Crippen molar-refractivity contribution in [2.24, 2.45) is 0 Å². The second kappa shape index (κ2) is 6.58. The Bertz CT molecular complexity index is 544. The van der Waals surface area contributed by atoms with E-state index in [2.05, 4.69) is 10.6 Å². The molecule has 1 heterocycles. The van der Waals surface area contributed by atoms with Crippen LogP contribution in [0.5, 0.6) is 0 Å². The Labute approximate surface area is 123 Å². The zero-order valence-corrected chi connectivity index (χ0v) is 12.2. The summed E-state index contributed by atoms with van der Waals surface area (Å²) in [5.41, 5.74) is 2.82. The van der Waals surface area contributed by atoms with Gasteiger partial charge < -0.3 is 20.5 Å². The summed E-state index contributed by atoms with van der Waals surface area (Å²) in [5.74, 6) is -0.947. The average molecular weight is 292 g/mol. The van der Waals surface area contributed by atoms with Gasteiger partial charge in [-0.15, -0.1) is 0 Å². The molecule has 0 spiro atoms. The monoisotopic (exact) mass is 292 g/mol.